The van der Waals surface area contributed by atoms with E-state index in [-0.39, 0.29) is 23.2 Å². The van der Waals surface area contributed by atoms with Crippen molar-refractivity contribution in [2.75, 3.05) is 10.6 Å². The Balaban J connectivity index is 2.10. The fourth-order valence-corrected chi connectivity index (χ4v) is 1.99. The van der Waals surface area contributed by atoms with Crippen LogP contribution in [-0.4, -0.2) is 26.9 Å². The highest BCUT2D eigenvalue weighted by Crippen LogP contribution is 2.20. The first kappa shape index (κ1) is 13.0. The first-order chi connectivity index (χ1) is 9.06. The minimum Gasteiger partial charge on any atom is -0.504 e. The van der Waals surface area contributed by atoms with Gasteiger partial charge in [0.15, 0.2) is 16.7 Å². The molecule has 98 valence electrons. The van der Waals surface area contributed by atoms with Gasteiger partial charge in [0.2, 0.25) is 5.91 Å². The first-order valence-electron chi connectivity index (χ1n) is 5.24. The maximum absolute atomic E-state index is 11.8. The van der Waals surface area contributed by atoms with E-state index in [4.69, 9.17) is 0 Å². The second kappa shape index (κ2) is 5.44. The lowest BCUT2D eigenvalue weighted by Crippen LogP contribution is -2.14. The molecule has 0 aliphatic rings. The minimum atomic E-state index is -0.512. The Hall–Kier alpha value is -2.48. The molecule has 7 nitrogen and oxygen atoms in total. The molecule has 0 spiro atoms. The molecule has 0 fully saturated rings. The lowest BCUT2D eigenvalue weighted by Gasteiger charge is -2.03. The third kappa shape index (κ3) is 3.26. The summed E-state index contributed by atoms with van der Waals surface area (Å²) in [4.78, 5) is 30.4. The molecule has 8 heteroatoms. The Bertz CT molecular complexity index is 626. The number of hydrogen-bond acceptors (Lipinski definition) is 6. The molecule has 0 bridgehead atoms. The maximum atomic E-state index is 11.8. The molecule has 0 aliphatic carbocycles. The predicted octanol–water partition coefficient (Wildman–Crippen LogP) is 1.45. The summed E-state index contributed by atoms with van der Waals surface area (Å²) in [5.74, 6) is -0.847. The van der Waals surface area contributed by atoms with Gasteiger partial charge in [0.1, 0.15) is 5.69 Å². The number of thiazole rings is 1. The van der Waals surface area contributed by atoms with Gasteiger partial charge in [-0.2, -0.15) is 0 Å². The Kier molecular flexibility index (Phi) is 3.71. The van der Waals surface area contributed by atoms with Crippen molar-refractivity contribution >= 4 is 34.1 Å². The summed E-state index contributed by atoms with van der Waals surface area (Å²) in [7, 11) is 0. The van der Waals surface area contributed by atoms with E-state index in [1.54, 1.807) is 6.07 Å². The lowest BCUT2D eigenvalue weighted by molar-refractivity contribution is -0.114. The van der Waals surface area contributed by atoms with Gasteiger partial charge in [0.25, 0.3) is 5.91 Å². The van der Waals surface area contributed by atoms with Crippen molar-refractivity contribution in [3.05, 3.63) is 29.4 Å². The van der Waals surface area contributed by atoms with Gasteiger partial charge in [-0.3, -0.25) is 9.59 Å². The van der Waals surface area contributed by atoms with Crippen LogP contribution in [0.2, 0.25) is 0 Å². The number of carbonyl (C=O) groups excluding carboxylic acids is 2. The van der Waals surface area contributed by atoms with Crippen LogP contribution in [0, 0.1) is 0 Å². The topological polar surface area (TPSA) is 104 Å². The van der Waals surface area contributed by atoms with Crippen LogP contribution in [0.15, 0.2) is 23.7 Å². The summed E-state index contributed by atoms with van der Waals surface area (Å²) in [5.41, 5.74) is 0.138. The Labute approximate surface area is 112 Å². The molecule has 2 heterocycles. The number of aromatic hydroxyl groups is 1. The van der Waals surface area contributed by atoms with Crippen molar-refractivity contribution < 1.29 is 14.7 Å². The number of nitrogens with zero attached hydrogens (tertiary/aromatic N) is 2. The summed E-state index contributed by atoms with van der Waals surface area (Å²) < 4.78 is 0. The van der Waals surface area contributed by atoms with Crippen LogP contribution in [0.3, 0.4) is 0 Å². The van der Waals surface area contributed by atoms with Crippen LogP contribution in [0.25, 0.3) is 0 Å². The molecule has 0 aromatic carbocycles. The highest BCUT2D eigenvalue weighted by Gasteiger charge is 2.13. The summed E-state index contributed by atoms with van der Waals surface area (Å²) >= 11 is 1.13. The number of hydrogen-bond donors (Lipinski definition) is 3. The van der Waals surface area contributed by atoms with Gasteiger partial charge in [-0.05, 0) is 12.1 Å². The number of anilines is 2. The number of aromatic nitrogens is 2. The smallest absolute Gasteiger partial charge is 0.276 e. The molecule has 3 N–H and O–H groups in total. The first-order valence-corrected chi connectivity index (χ1v) is 6.12. The summed E-state index contributed by atoms with van der Waals surface area (Å²) in [6.07, 6.45) is 1.44. The van der Waals surface area contributed by atoms with Crippen molar-refractivity contribution in [3.8, 4) is 5.75 Å². The molecule has 2 aromatic heterocycles. The zero-order valence-corrected chi connectivity index (χ0v) is 10.7. The number of rotatable bonds is 3. The lowest BCUT2D eigenvalue weighted by atomic mass is 10.4. The molecule has 0 atom stereocenters. The van der Waals surface area contributed by atoms with Gasteiger partial charge in [0.05, 0.1) is 0 Å². The second-order valence-electron chi connectivity index (χ2n) is 3.54. The molecule has 0 saturated carbocycles. The van der Waals surface area contributed by atoms with Crippen molar-refractivity contribution in [1.82, 2.24) is 9.97 Å². The quantitative estimate of drug-likeness (QED) is 0.788. The number of amides is 2. The molecular weight excluding hydrogens is 268 g/mol. The molecule has 2 aromatic rings. The zero-order chi connectivity index (χ0) is 13.8. The second-order valence-corrected chi connectivity index (χ2v) is 4.40. The van der Waals surface area contributed by atoms with Crippen LogP contribution >= 0.6 is 11.3 Å². The molecule has 2 rings (SSSR count). The fraction of sp³-hybridized carbons (Fsp3) is 0.0909. The monoisotopic (exact) mass is 278 g/mol. The highest BCUT2D eigenvalue weighted by atomic mass is 32.1. The van der Waals surface area contributed by atoms with Gasteiger partial charge in [0, 0.05) is 18.5 Å². The van der Waals surface area contributed by atoms with E-state index in [1.807, 2.05) is 0 Å². The SMILES string of the molecule is CC(=O)Nc1nc(C(=O)Nc2ncccc2O)cs1. The maximum Gasteiger partial charge on any atom is 0.276 e. The highest BCUT2D eigenvalue weighted by molar-refractivity contribution is 7.14. The van der Waals surface area contributed by atoms with Crippen molar-refractivity contribution in [2.45, 2.75) is 6.92 Å². The summed E-state index contributed by atoms with van der Waals surface area (Å²) in [5, 5.41) is 16.2. The van der Waals surface area contributed by atoms with Crippen LogP contribution in [0.4, 0.5) is 10.9 Å². The molecule has 0 radical (unpaired) electrons. The van der Waals surface area contributed by atoms with Crippen LogP contribution in [0.5, 0.6) is 5.75 Å². The van der Waals surface area contributed by atoms with E-state index in [9.17, 15) is 14.7 Å². The summed E-state index contributed by atoms with van der Waals surface area (Å²) in [6.45, 7) is 1.35. The standard InChI is InChI=1S/C11H10N4O3S/c1-6(16)13-11-14-7(5-19-11)10(18)15-9-8(17)3-2-4-12-9/h2-5,17H,1H3,(H,12,15,18)(H,13,14,16). The Morgan fingerprint density at radius 3 is 2.84 bits per heavy atom. The molecular formula is C11H10N4O3S. The average molecular weight is 278 g/mol. The predicted molar refractivity (Wildman–Crippen MR) is 70.3 cm³/mol. The van der Waals surface area contributed by atoms with Gasteiger partial charge in [-0.25, -0.2) is 9.97 Å². The minimum absolute atomic E-state index is 0.0570. The van der Waals surface area contributed by atoms with E-state index in [0.717, 1.165) is 11.3 Å². The van der Waals surface area contributed by atoms with Gasteiger partial charge >= 0.3 is 0 Å². The van der Waals surface area contributed by atoms with E-state index >= 15 is 0 Å². The molecule has 19 heavy (non-hydrogen) atoms. The van der Waals surface area contributed by atoms with Crippen LogP contribution in [-0.2, 0) is 4.79 Å². The Morgan fingerprint density at radius 2 is 2.16 bits per heavy atom. The number of nitrogens with one attached hydrogen (secondary N) is 2. The van der Waals surface area contributed by atoms with Gasteiger partial charge < -0.3 is 15.7 Å². The van der Waals surface area contributed by atoms with E-state index in [2.05, 4.69) is 20.6 Å². The van der Waals surface area contributed by atoms with Crippen molar-refractivity contribution in [2.24, 2.45) is 0 Å². The summed E-state index contributed by atoms with van der Waals surface area (Å²) in [6, 6.07) is 2.95. The van der Waals surface area contributed by atoms with Gasteiger partial charge in [-0.15, -0.1) is 11.3 Å². The molecule has 2 amide bonds. The largest absolute Gasteiger partial charge is 0.504 e. The van der Waals surface area contributed by atoms with Crippen molar-refractivity contribution in [1.29, 1.82) is 0 Å². The normalized spacial score (nSPS) is 9.95. The zero-order valence-electron chi connectivity index (χ0n) is 9.88. The van der Waals surface area contributed by atoms with Crippen LogP contribution in [0.1, 0.15) is 17.4 Å². The Morgan fingerprint density at radius 1 is 1.37 bits per heavy atom. The molecule has 0 aliphatic heterocycles. The van der Waals surface area contributed by atoms with E-state index in [1.165, 1.54) is 24.6 Å². The van der Waals surface area contributed by atoms with Gasteiger partial charge in [-0.1, -0.05) is 0 Å². The average Bonchev–Trinajstić information content (AvgIpc) is 2.79. The van der Waals surface area contributed by atoms with E-state index < -0.39 is 5.91 Å². The third-order valence-electron chi connectivity index (χ3n) is 2.04. The van der Waals surface area contributed by atoms with Crippen molar-refractivity contribution in [3.63, 3.8) is 0 Å². The number of pyridine rings is 1. The molecule has 0 unspecified atom stereocenters. The third-order valence-corrected chi connectivity index (χ3v) is 2.80. The number of carbonyl (C=O) groups is 2. The van der Waals surface area contributed by atoms with Crippen LogP contribution < -0.4 is 10.6 Å². The fourth-order valence-electron chi connectivity index (χ4n) is 1.25. The van der Waals surface area contributed by atoms with E-state index in [0.29, 0.717) is 5.13 Å². The molecule has 0 saturated heterocycles.